The van der Waals surface area contributed by atoms with Crippen molar-refractivity contribution in [2.45, 2.75) is 13.0 Å². The summed E-state index contributed by atoms with van der Waals surface area (Å²) in [5.41, 5.74) is 8.70. The van der Waals surface area contributed by atoms with Crippen LogP contribution in [-0.4, -0.2) is 46.1 Å². The third kappa shape index (κ3) is 4.00. The molecule has 0 bridgehead atoms. The van der Waals surface area contributed by atoms with E-state index in [0.717, 1.165) is 16.8 Å². The van der Waals surface area contributed by atoms with Crippen LogP contribution in [0.15, 0.2) is 36.7 Å². The van der Waals surface area contributed by atoms with E-state index in [-0.39, 0.29) is 30.8 Å². The molecule has 1 aromatic carbocycles. The van der Waals surface area contributed by atoms with Crippen LogP contribution >= 0.6 is 12.4 Å². The lowest BCUT2D eigenvalue weighted by atomic mass is 10.0. The molecule has 1 aromatic heterocycles. The average Bonchev–Trinajstić information content (AvgIpc) is 3.00. The maximum Gasteiger partial charge on any atom is 0.246 e. The van der Waals surface area contributed by atoms with Gasteiger partial charge in [0.1, 0.15) is 12.6 Å². The van der Waals surface area contributed by atoms with Crippen LogP contribution in [-0.2, 0) is 16.6 Å². The van der Waals surface area contributed by atoms with E-state index in [2.05, 4.69) is 5.10 Å². The Kier molecular flexibility index (Phi) is 5.81. The maximum absolute atomic E-state index is 12.6. The quantitative estimate of drug-likeness (QED) is 0.882. The summed E-state index contributed by atoms with van der Waals surface area (Å²) in [4.78, 5) is 28.1. The lowest BCUT2D eigenvalue weighted by molar-refractivity contribution is -0.138. The van der Waals surface area contributed by atoms with Crippen molar-refractivity contribution in [3.63, 3.8) is 0 Å². The van der Waals surface area contributed by atoms with Crippen LogP contribution in [0.2, 0.25) is 0 Å². The van der Waals surface area contributed by atoms with Crippen LogP contribution in [0, 0.1) is 6.92 Å². The van der Waals surface area contributed by atoms with Crippen molar-refractivity contribution < 1.29 is 9.59 Å². The molecule has 8 heteroatoms. The Morgan fingerprint density at radius 3 is 2.48 bits per heavy atom. The normalized spacial score (nSPS) is 15.7. The van der Waals surface area contributed by atoms with Gasteiger partial charge in [0.15, 0.2) is 0 Å². The molecule has 134 valence electrons. The van der Waals surface area contributed by atoms with Crippen molar-refractivity contribution in [3.05, 3.63) is 47.8 Å². The summed E-state index contributed by atoms with van der Waals surface area (Å²) in [6.45, 7) is 2.91. The highest BCUT2D eigenvalue weighted by atomic mass is 35.5. The largest absolute Gasteiger partial charge is 0.330 e. The summed E-state index contributed by atoms with van der Waals surface area (Å²) < 4.78 is 1.65. The van der Waals surface area contributed by atoms with E-state index in [1.54, 1.807) is 29.0 Å². The van der Waals surface area contributed by atoms with Gasteiger partial charge in [0.05, 0.1) is 11.9 Å². The molecule has 1 atom stereocenters. The molecule has 2 aromatic rings. The Morgan fingerprint density at radius 1 is 1.24 bits per heavy atom. The van der Waals surface area contributed by atoms with E-state index in [1.165, 1.54) is 4.90 Å². The highest BCUT2D eigenvalue weighted by Gasteiger charge is 2.31. The Hall–Kier alpha value is -2.38. The van der Waals surface area contributed by atoms with Gasteiger partial charge in [-0.2, -0.15) is 5.10 Å². The second-order valence-electron chi connectivity index (χ2n) is 6.07. The first-order valence-electron chi connectivity index (χ1n) is 7.85. The average molecular weight is 364 g/mol. The standard InChI is InChI=1S/C17H21N5O2.ClH/c1-12-3-5-13(6-4-12)16(18)17(24)21-7-8-22(15(23)11-21)14-9-19-20(2)10-14;/h3-6,9-10,16H,7-8,11,18H2,1-2H3;1H. The molecule has 0 spiro atoms. The molecule has 1 unspecified atom stereocenters. The van der Waals surface area contributed by atoms with Crippen LogP contribution in [0.25, 0.3) is 0 Å². The van der Waals surface area contributed by atoms with Crippen LogP contribution in [0.1, 0.15) is 17.2 Å². The number of carbonyl (C=O) groups excluding carboxylic acids is 2. The van der Waals surface area contributed by atoms with Gasteiger partial charge >= 0.3 is 0 Å². The van der Waals surface area contributed by atoms with Gasteiger partial charge in [-0.15, -0.1) is 12.4 Å². The second kappa shape index (κ2) is 7.67. The summed E-state index contributed by atoms with van der Waals surface area (Å²) >= 11 is 0. The second-order valence-corrected chi connectivity index (χ2v) is 6.07. The maximum atomic E-state index is 12.6. The van der Waals surface area contributed by atoms with E-state index in [9.17, 15) is 9.59 Å². The number of rotatable bonds is 3. The number of halogens is 1. The summed E-state index contributed by atoms with van der Waals surface area (Å²) in [7, 11) is 1.80. The molecule has 0 saturated carbocycles. The van der Waals surface area contributed by atoms with Crippen molar-refractivity contribution >= 4 is 29.9 Å². The van der Waals surface area contributed by atoms with Crippen molar-refractivity contribution in [1.29, 1.82) is 0 Å². The summed E-state index contributed by atoms with van der Waals surface area (Å²) in [5.74, 6) is -0.350. The third-order valence-electron chi connectivity index (χ3n) is 4.24. The molecule has 1 saturated heterocycles. The van der Waals surface area contributed by atoms with Crippen molar-refractivity contribution in [2.75, 3.05) is 24.5 Å². The number of hydrogen-bond acceptors (Lipinski definition) is 4. The number of nitrogens with two attached hydrogens (primary N) is 1. The van der Waals surface area contributed by atoms with Crippen molar-refractivity contribution in [3.8, 4) is 0 Å². The predicted octanol–water partition coefficient (Wildman–Crippen LogP) is 1.03. The van der Waals surface area contributed by atoms with Gasteiger partial charge in [-0.25, -0.2) is 0 Å². The minimum atomic E-state index is -0.747. The van der Waals surface area contributed by atoms with Gasteiger partial charge in [-0.05, 0) is 12.5 Å². The summed E-state index contributed by atoms with van der Waals surface area (Å²) in [6, 6.07) is 6.81. The number of benzene rings is 1. The Bertz CT molecular complexity index is 759. The molecule has 1 fully saturated rings. The van der Waals surface area contributed by atoms with Crippen LogP contribution < -0.4 is 10.6 Å². The fourth-order valence-corrected chi connectivity index (χ4v) is 2.80. The molecule has 25 heavy (non-hydrogen) atoms. The molecular weight excluding hydrogens is 342 g/mol. The molecule has 2 N–H and O–H groups in total. The first kappa shape index (κ1) is 19.0. The lowest BCUT2D eigenvalue weighted by Gasteiger charge is -2.34. The highest BCUT2D eigenvalue weighted by Crippen LogP contribution is 2.19. The minimum Gasteiger partial charge on any atom is -0.330 e. The van der Waals surface area contributed by atoms with Gasteiger partial charge in [0.25, 0.3) is 0 Å². The van der Waals surface area contributed by atoms with Crippen molar-refractivity contribution in [2.24, 2.45) is 12.8 Å². The van der Waals surface area contributed by atoms with E-state index in [0.29, 0.717) is 13.1 Å². The van der Waals surface area contributed by atoms with E-state index < -0.39 is 6.04 Å². The number of amides is 2. The molecule has 2 amide bonds. The Morgan fingerprint density at radius 2 is 1.92 bits per heavy atom. The van der Waals surface area contributed by atoms with Crippen LogP contribution in [0.5, 0.6) is 0 Å². The highest BCUT2D eigenvalue weighted by molar-refractivity contribution is 5.98. The molecule has 0 aliphatic carbocycles. The lowest BCUT2D eigenvalue weighted by Crippen LogP contribution is -2.54. The van der Waals surface area contributed by atoms with Gasteiger partial charge in [0.2, 0.25) is 11.8 Å². The molecule has 7 nitrogen and oxygen atoms in total. The molecule has 3 rings (SSSR count). The first-order chi connectivity index (χ1) is 11.5. The van der Waals surface area contributed by atoms with Gasteiger partial charge in [-0.3, -0.25) is 14.3 Å². The third-order valence-corrected chi connectivity index (χ3v) is 4.24. The van der Waals surface area contributed by atoms with Crippen molar-refractivity contribution in [1.82, 2.24) is 14.7 Å². The van der Waals surface area contributed by atoms with E-state index in [4.69, 9.17) is 5.73 Å². The zero-order chi connectivity index (χ0) is 17.3. The number of anilines is 1. The summed E-state index contributed by atoms with van der Waals surface area (Å²) in [6.07, 6.45) is 3.43. The monoisotopic (exact) mass is 363 g/mol. The van der Waals surface area contributed by atoms with E-state index in [1.807, 2.05) is 31.2 Å². The zero-order valence-electron chi connectivity index (χ0n) is 14.3. The Balaban J connectivity index is 0.00000225. The van der Waals surface area contributed by atoms with Crippen LogP contribution in [0.3, 0.4) is 0 Å². The summed E-state index contributed by atoms with van der Waals surface area (Å²) in [5, 5.41) is 4.08. The van der Waals surface area contributed by atoms with Crippen LogP contribution in [0.4, 0.5) is 5.69 Å². The first-order valence-corrected chi connectivity index (χ1v) is 7.85. The zero-order valence-corrected chi connectivity index (χ0v) is 15.1. The number of nitrogens with zero attached hydrogens (tertiary/aromatic N) is 4. The predicted molar refractivity (Wildman–Crippen MR) is 97.5 cm³/mol. The topological polar surface area (TPSA) is 84.5 Å². The number of aryl methyl sites for hydroxylation is 2. The fourth-order valence-electron chi connectivity index (χ4n) is 2.80. The molecule has 0 radical (unpaired) electrons. The number of piperazine rings is 1. The smallest absolute Gasteiger partial charge is 0.246 e. The van der Waals surface area contributed by atoms with Gasteiger partial charge < -0.3 is 15.5 Å². The Labute approximate surface area is 152 Å². The van der Waals surface area contributed by atoms with Gasteiger partial charge in [0, 0.05) is 26.3 Å². The number of hydrogen-bond donors (Lipinski definition) is 1. The molecule has 2 heterocycles. The molecule has 1 aliphatic rings. The fraction of sp³-hybridized carbons (Fsp3) is 0.353. The number of aromatic nitrogens is 2. The van der Waals surface area contributed by atoms with Gasteiger partial charge in [-0.1, -0.05) is 29.8 Å². The SMILES string of the molecule is Cc1ccc(C(N)C(=O)N2CCN(c3cnn(C)c3)C(=O)C2)cc1.Cl. The molecule has 1 aliphatic heterocycles. The number of carbonyl (C=O) groups is 2. The van der Waals surface area contributed by atoms with E-state index >= 15 is 0 Å². The molecular formula is C17H22ClN5O2. The minimum absolute atomic E-state index is 0.